The third-order valence-corrected chi connectivity index (χ3v) is 4.88. The van der Waals surface area contributed by atoms with Crippen LogP contribution < -0.4 is 4.72 Å². The van der Waals surface area contributed by atoms with Crippen LogP contribution in [0.5, 0.6) is 0 Å². The highest BCUT2D eigenvalue weighted by Crippen LogP contribution is 2.20. The molecule has 1 saturated carbocycles. The average Bonchev–Trinajstić information content (AvgIpc) is 2.65. The van der Waals surface area contributed by atoms with Crippen molar-refractivity contribution in [2.75, 3.05) is 0 Å². The van der Waals surface area contributed by atoms with Crippen molar-refractivity contribution in [3.8, 4) is 0 Å². The fourth-order valence-corrected chi connectivity index (χ4v) is 3.68. The topological polar surface area (TPSA) is 71.3 Å². The lowest BCUT2D eigenvalue weighted by Gasteiger charge is -2.21. The van der Waals surface area contributed by atoms with Gasteiger partial charge in [-0.3, -0.25) is 0 Å². The van der Waals surface area contributed by atoms with Crippen LogP contribution in [0.25, 0.3) is 0 Å². The van der Waals surface area contributed by atoms with Gasteiger partial charge in [-0.1, -0.05) is 19.3 Å². The highest BCUT2D eigenvalue weighted by molar-refractivity contribution is 7.89. The summed E-state index contributed by atoms with van der Waals surface area (Å²) in [5.41, 5.74) is 0. The summed E-state index contributed by atoms with van der Waals surface area (Å²) in [5.74, 6) is 0. The van der Waals surface area contributed by atoms with Gasteiger partial charge in [0.05, 0.1) is 11.0 Å². The molecule has 1 aliphatic rings. The largest absolute Gasteiger partial charge is 0.391 e. The van der Waals surface area contributed by atoms with Gasteiger partial charge in [0.25, 0.3) is 0 Å². The number of aryl methyl sites for hydroxylation is 1. The normalized spacial score (nSPS) is 25.9. The van der Waals surface area contributed by atoms with Gasteiger partial charge in [0.2, 0.25) is 10.0 Å². The molecule has 2 unspecified atom stereocenters. The molecule has 2 N–H and O–H groups in total. The number of hydrogen-bond donors (Lipinski definition) is 2. The molecule has 0 spiro atoms. The summed E-state index contributed by atoms with van der Waals surface area (Å²) < 4.78 is 28.6. The van der Waals surface area contributed by atoms with Crippen molar-refractivity contribution < 1.29 is 13.5 Å². The van der Waals surface area contributed by atoms with Crippen molar-refractivity contribution in [1.29, 1.82) is 0 Å². The number of sulfonamides is 1. The Labute approximate surface area is 108 Å². The zero-order valence-electron chi connectivity index (χ0n) is 10.5. The second-order valence-corrected chi connectivity index (χ2v) is 6.66. The quantitative estimate of drug-likeness (QED) is 0.806. The predicted octanol–water partition coefficient (Wildman–Crippen LogP) is 0.997. The Morgan fingerprint density at radius 2 is 2.06 bits per heavy atom. The molecule has 0 aliphatic heterocycles. The van der Waals surface area contributed by atoms with Crippen LogP contribution in [-0.2, 0) is 17.1 Å². The number of nitrogens with zero attached hydrogens (tertiary/aromatic N) is 1. The minimum atomic E-state index is -3.52. The summed E-state index contributed by atoms with van der Waals surface area (Å²) in [6.07, 6.45) is 7.02. The van der Waals surface area contributed by atoms with Crippen molar-refractivity contribution in [3.63, 3.8) is 0 Å². The van der Waals surface area contributed by atoms with Gasteiger partial charge in [-0.2, -0.15) is 0 Å². The van der Waals surface area contributed by atoms with Crippen molar-refractivity contribution in [3.05, 3.63) is 18.5 Å². The van der Waals surface area contributed by atoms with Gasteiger partial charge in [0, 0.05) is 25.5 Å². The Hall–Kier alpha value is -0.850. The van der Waals surface area contributed by atoms with Crippen molar-refractivity contribution >= 4 is 10.0 Å². The number of nitrogens with one attached hydrogen (secondary N) is 1. The predicted molar refractivity (Wildman–Crippen MR) is 68.6 cm³/mol. The van der Waals surface area contributed by atoms with Crippen LogP contribution in [0, 0.1) is 0 Å². The summed E-state index contributed by atoms with van der Waals surface area (Å²) in [6, 6.07) is 1.20. The molecule has 0 radical (unpaired) electrons. The van der Waals surface area contributed by atoms with Crippen LogP contribution in [0.2, 0.25) is 0 Å². The first-order valence-electron chi connectivity index (χ1n) is 6.31. The highest BCUT2D eigenvalue weighted by atomic mass is 32.2. The molecule has 2 rings (SSSR count). The first kappa shape index (κ1) is 13.6. The Kier molecular flexibility index (Phi) is 4.09. The fourth-order valence-electron chi connectivity index (χ4n) is 2.33. The minimum Gasteiger partial charge on any atom is -0.391 e. The molecule has 1 aliphatic carbocycles. The molecule has 1 aromatic heterocycles. The molecular weight excluding hydrogens is 252 g/mol. The molecule has 0 saturated heterocycles. The first-order chi connectivity index (χ1) is 8.49. The molecule has 5 nitrogen and oxygen atoms in total. The summed E-state index contributed by atoms with van der Waals surface area (Å²) in [7, 11) is -1.74. The number of rotatable bonds is 3. The summed E-state index contributed by atoms with van der Waals surface area (Å²) in [6.45, 7) is 0. The van der Waals surface area contributed by atoms with E-state index in [0.29, 0.717) is 12.8 Å². The lowest BCUT2D eigenvalue weighted by Crippen LogP contribution is -2.42. The summed E-state index contributed by atoms with van der Waals surface area (Å²) >= 11 is 0. The third-order valence-electron chi connectivity index (χ3n) is 3.40. The van der Waals surface area contributed by atoms with Gasteiger partial charge < -0.3 is 9.67 Å². The van der Waals surface area contributed by atoms with E-state index in [-0.39, 0.29) is 10.9 Å². The van der Waals surface area contributed by atoms with Crippen LogP contribution in [0.1, 0.15) is 32.1 Å². The Morgan fingerprint density at radius 3 is 2.72 bits per heavy atom. The zero-order chi connectivity index (χ0) is 13.2. The molecule has 18 heavy (non-hydrogen) atoms. The van der Waals surface area contributed by atoms with E-state index in [1.807, 2.05) is 0 Å². The van der Waals surface area contributed by atoms with E-state index in [4.69, 9.17) is 0 Å². The first-order valence-corrected chi connectivity index (χ1v) is 7.80. The Morgan fingerprint density at radius 1 is 1.33 bits per heavy atom. The van der Waals surface area contributed by atoms with E-state index >= 15 is 0 Å². The number of aliphatic hydroxyl groups excluding tert-OH is 1. The molecule has 1 heterocycles. The SMILES string of the molecule is Cn1ccc(S(=O)(=O)NC2CCCCCC2O)c1. The standard InChI is InChI=1S/C12H20N2O3S/c1-14-8-7-10(9-14)18(16,17)13-11-5-3-2-4-6-12(11)15/h7-9,11-13,15H,2-6H2,1H3. The van der Waals surface area contributed by atoms with Crippen LogP contribution in [-0.4, -0.2) is 30.2 Å². The molecular formula is C12H20N2O3S. The van der Waals surface area contributed by atoms with E-state index in [0.717, 1.165) is 19.3 Å². The minimum absolute atomic E-state index is 0.251. The Bertz CT molecular complexity index is 495. The van der Waals surface area contributed by atoms with Crippen molar-refractivity contribution in [2.45, 2.75) is 49.1 Å². The second kappa shape index (κ2) is 5.42. The maximum atomic E-state index is 12.1. The van der Waals surface area contributed by atoms with Crippen LogP contribution in [0.15, 0.2) is 23.4 Å². The molecule has 1 aromatic rings. The van der Waals surface area contributed by atoms with Gasteiger partial charge in [0.15, 0.2) is 0 Å². The lowest BCUT2D eigenvalue weighted by molar-refractivity contribution is 0.130. The monoisotopic (exact) mass is 272 g/mol. The molecule has 0 amide bonds. The number of aliphatic hydroxyl groups is 1. The lowest BCUT2D eigenvalue weighted by atomic mass is 10.1. The molecule has 1 fully saturated rings. The second-order valence-electron chi connectivity index (χ2n) is 4.95. The van der Waals surface area contributed by atoms with Crippen molar-refractivity contribution in [1.82, 2.24) is 9.29 Å². The smallest absolute Gasteiger partial charge is 0.242 e. The van der Waals surface area contributed by atoms with E-state index in [1.54, 1.807) is 30.1 Å². The van der Waals surface area contributed by atoms with Crippen molar-refractivity contribution in [2.24, 2.45) is 7.05 Å². The van der Waals surface area contributed by atoms with Crippen LogP contribution in [0.4, 0.5) is 0 Å². The number of hydrogen-bond acceptors (Lipinski definition) is 3. The van der Waals surface area contributed by atoms with Gasteiger partial charge in [0.1, 0.15) is 0 Å². The molecule has 102 valence electrons. The summed E-state index contributed by atoms with van der Waals surface area (Å²) in [5, 5.41) is 9.93. The average molecular weight is 272 g/mol. The third kappa shape index (κ3) is 3.13. The van der Waals surface area contributed by atoms with Crippen LogP contribution in [0.3, 0.4) is 0 Å². The molecule has 0 bridgehead atoms. The van der Waals surface area contributed by atoms with E-state index in [9.17, 15) is 13.5 Å². The van der Waals surface area contributed by atoms with E-state index < -0.39 is 16.1 Å². The van der Waals surface area contributed by atoms with Gasteiger partial charge >= 0.3 is 0 Å². The number of aromatic nitrogens is 1. The maximum Gasteiger partial charge on any atom is 0.242 e. The summed E-state index contributed by atoms with van der Waals surface area (Å²) in [4.78, 5) is 0.251. The molecule has 2 atom stereocenters. The maximum absolute atomic E-state index is 12.1. The van der Waals surface area contributed by atoms with Gasteiger partial charge in [-0.25, -0.2) is 13.1 Å². The van der Waals surface area contributed by atoms with E-state index in [2.05, 4.69) is 4.72 Å². The zero-order valence-corrected chi connectivity index (χ0v) is 11.4. The highest BCUT2D eigenvalue weighted by Gasteiger charge is 2.27. The Balaban J connectivity index is 2.11. The van der Waals surface area contributed by atoms with E-state index in [1.165, 1.54) is 0 Å². The molecule has 0 aromatic carbocycles. The molecule has 6 heteroatoms. The van der Waals surface area contributed by atoms with Gasteiger partial charge in [-0.15, -0.1) is 0 Å². The van der Waals surface area contributed by atoms with Crippen LogP contribution >= 0.6 is 0 Å². The fraction of sp³-hybridized carbons (Fsp3) is 0.667. The van der Waals surface area contributed by atoms with Gasteiger partial charge in [-0.05, 0) is 18.9 Å².